The number of halogens is 3. The van der Waals surface area contributed by atoms with E-state index in [1.54, 1.807) is 12.1 Å². The lowest BCUT2D eigenvalue weighted by molar-refractivity contribution is -0.173. The quantitative estimate of drug-likeness (QED) is 0.634. The second-order valence-electron chi connectivity index (χ2n) is 7.20. The molecule has 2 N–H and O–H groups in total. The zero-order valence-corrected chi connectivity index (χ0v) is 16.2. The number of aromatic nitrogens is 2. The Balaban J connectivity index is 1.63. The van der Waals surface area contributed by atoms with Crippen molar-refractivity contribution < 1.29 is 22.4 Å². The van der Waals surface area contributed by atoms with Crippen molar-refractivity contribution in [1.82, 2.24) is 15.1 Å². The lowest BCUT2D eigenvalue weighted by Crippen LogP contribution is -2.36. The molecule has 0 aliphatic carbocycles. The van der Waals surface area contributed by atoms with Gasteiger partial charge in [-0.25, -0.2) is 4.68 Å². The third kappa shape index (κ3) is 3.92. The molecule has 0 saturated heterocycles. The molecule has 0 bridgehead atoms. The Labute approximate surface area is 171 Å². The summed E-state index contributed by atoms with van der Waals surface area (Å²) in [6.45, 7) is 2.14. The first kappa shape index (κ1) is 20.1. The molecule has 2 aromatic heterocycles. The number of anilines is 1. The van der Waals surface area contributed by atoms with E-state index < -0.39 is 24.2 Å². The molecule has 0 unspecified atom stereocenters. The predicted molar refractivity (Wildman–Crippen MR) is 104 cm³/mol. The van der Waals surface area contributed by atoms with Crippen LogP contribution in [-0.4, -0.2) is 21.9 Å². The van der Waals surface area contributed by atoms with E-state index in [-0.39, 0.29) is 24.3 Å². The largest absolute Gasteiger partial charge is 0.467 e. The number of nitrogens with one attached hydrogen (secondary N) is 2. The predicted octanol–water partition coefficient (Wildman–Crippen LogP) is 4.63. The molecule has 3 aromatic rings. The monoisotopic (exact) mass is 418 g/mol. The Morgan fingerprint density at radius 3 is 2.70 bits per heavy atom. The number of hydrogen-bond donors (Lipinski definition) is 2. The first-order chi connectivity index (χ1) is 14.4. The number of furan rings is 1. The van der Waals surface area contributed by atoms with Crippen LogP contribution in [0, 0.1) is 0 Å². The molecule has 1 aromatic carbocycles. The molecule has 4 rings (SSSR count). The lowest BCUT2D eigenvalue weighted by atomic mass is 9.95. The lowest BCUT2D eigenvalue weighted by Gasteiger charge is -2.34. The first-order valence-electron chi connectivity index (χ1n) is 9.67. The number of benzene rings is 1. The van der Waals surface area contributed by atoms with Gasteiger partial charge in [-0.15, -0.1) is 0 Å². The van der Waals surface area contributed by atoms with E-state index in [9.17, 15) is 18.0 Å². The van der Waals surface area contributed by atoms with E-state index in [1.165, 1.54) is 12.5 Å². The summed E-state index contributed by atoms with van der Waals surface area (Å²) in [6.07, 6.45) is -1.21. The van der Waals surface area contributed by atoms with Crippen LogP contribution in [-0.2, 0) is 13.0 Å². The van der Waals surface area contributed by atoms with Crippen LogP contribution >= 0.6 is 0 Å². The number of alkyl halides is 3. The summed E-state index contributed by atoms with van der Waals surface area (Å²) >= 11 is 0. The summed E-state index contributed by atoms with van der Waals surface area (Å²) in [7, 11) is 0. The summed E-state index contributed by atoms with van der Waals surface area (Å²) in [5.74, 6) is 0.0764. The highest BCUT2D eigenvalue weighted by Gasteiger charge is 2.47. The van der Waals surface area contributed by atoms with Crippen LogP contribution in [0.15, 0.2) is 53.3 Å². The fraction of sp³-hybridized carbons (Fsp3) is 0.333. The standard InChI is InChI=1S/C21H21F3N4O2/c1-2-13-5-7-14(8-6-13)17-10-18(21(22,23)24)28-19(27-17)16(12-26-28)20(29)25-11-15-4-3-9-30-15/h3-9,12,17-18,27H,2,10-11H2,1H3,(H,25,29)/t17-,18+/m1/s1. The fourth-order valence-corrected chi connectivity index (χ4v) is 3.61. The van der Waals surface area contributed by atoms with E-state index in [4.69, 9.17) is 4.42 Å². The number of carbonyl (C=O) groups is 1. The summed E-state index contributed by atoms with van der Waals surface area (Å²) in [4.78, 5) is 12.6. The number of nitrogens with zero attached hydrogens (tertiary/aromatic N) is 2. The van der Waals surface area contributed by atoms with Gasteiger partial charge in [0.25, 0.3) is 5.91 Å². The molecule has 1 aliphatic heterocycles. The average molecular weight is 418 g/mol. The van der Waals surface area contributed by atoms with Crippen molar-refractivity contribution in [2.75, 3.05) is 5.32 Å². The number of hydrogen-bond acceptors (Lipinski definition) is 4. The molecule has 0 spiro atoms. The Morgan fingerprint density at radius 1 is 1.30 bits per heavy atom. The fourth-order valence-electron chi connectivity index (χ4n) is 3.61. The Hall–Kier alpha value is -3.23. The highest BCUT2D eigenvalue weighted by molar-refractivity contribution is 5.98. The molecule has 1 amide bonds. The van der Waals surface area contributed by atoms with Crippen LogP contribution < -0.4 is 10.6 Å². The van der Waals surface area contributed by atoms with Gasteiger partial charge in [0.15, 0.2) is 6.04 Å². The van der Waals surface area contributed by atoms with E-state index in [0.29, 0.717) is 5.76 Å². The van der Waals surface area contributed by atoms with Gasteiger partial charge in [0.05, 0.1) is 25.0 Å². The summed E-state index contributed by atoms with van der Waals surface area (Å²) in [5.41, 5.74) is 1.89. The molecule has 158 valence electrons. The van der Waals surface area contributed by atoms with Crippen LogP contribution in [0.5, 0.6) is 0 Å². The van der Waals surface area contributed by atoms with E-state index in [2.05, 4.69) is 15.7 Å². The molecular weight excluding hydrogens is 397 g/mol. The highest BCUT2D eigenvalue weighted by atomic mass is 19.4. The maximum atomic E-state index is 13.8. The van der Waals surface area contributed by atoms with Crippen molar-refractivity contribution in [3.05, 3.63) is 71.3 Å². The maximum absolute atomic E-state index is 13.8. The molecule has 0 fully saturated rings. The second kappa shape index (κ2) is 7.89. The van der Waals surface area contributed by atoms with Gasteiger partial charge in [-0.05, 0) is 29.7 Å². The Bertz CT molecular complexity index is 1010. The van der Waals surface area contributed by atoms with E-state index >= 15 is 0 Å². The number of rotatable bonds is 5. The topological polar surface area (TPSA) is 72.1 Å². The van der Waals surface area contributed by atoms with Crippen molar-refractivity contribution >= 4 is 11.7 Å². The normalized spacial score (nSPS) is 18.5. The molecule has 6 nitrogen and oxygen atoms in total. The molecular formula is C21H21F3N4O2. The second-order valence-corrected chi connectivity index (χ2v) is 7.20. The minimum absolute atomic E-state index is 0.0603. The molecule has 0 radical (unpaired) electrons. The number of amides is 1. The summed E-state index contributed by atoms with van der Waals surface area (Å²) < 4.78 is 47.3. The minimum Gasteiger partial charge on any atom is -0.467 e. The summed E-state index contributed by atoms with van der Waals surface area (Å²) in [6, 6.07) is 8.43. The van der Waals surface area contributed by atoms with Crippen molar-refractivity contribution in [3.63, 3.8) is 0 Å². The molecule has 30 heavy (non-hydrogen) atoms. The van der Waals surface area contributed by atoms with Crippen molar-refractivity contribution in [3.8, 4) is 0 Å². The minimum atomic E-state index is -4.49. The van der Waals surface area contributed by atoms with Crippen LogP contribution in [0.25, 0.3) is 0 Å². The third-order valence-electron chi connectivity index (χ3n) is 5.28. The van der Waals surface area contributed by atoms with Gasteiger partial charge in [0, 0.05) is 6.42 Å². The molecule has 9 heteroatoms. The zero-order chi connectivity index (χ0) is 21.3. The Kier molecular flexibility index (Phi) is 5.27. The van der Waals surface area contributed by atoms with Gasteiger partial charge in [0.1, 0.15) is 17.1 Å². The van der Waals surface area contributed by atoms with Crippen molar-refractivity contribution in [2.45, 2.75) is 44.6 Å². The highest BCUT2D eigenvalue weighted by Crippen LogP contribution is 2.44. The van der Waals surface area contributed by atoms with Crippen molar-refractivity contribution in [2.24, 2.45) is 0 Å². The molecule has 3 heterocycles. The SMILES string of the molecule is CCc1ccc([C@H]2C[C@@H](C(F)(F)F)n3ncc(C(=O)NCc4ccco4)c3N2)cc1. The number of carbonyl (C=O) groups excluding carboxylic acids is 1. The maximum Gasteiger partial charge on any atom is 0.410 e. The van der Waals surface area contributed by atoms with Crippen LogP contribution in [0.3, 0.4) is 0 Å². The third-order valence-corrected chi connectivity index (χ3v) is 5.28. The molecule has 0 saturated carbocycles. The smallest absolute Gasteiger partial charge is 0.410 e. The number of fused-ring (bicyclic) bond motifs is 1. The van der Waals surface area contributed by atoms with Gasteiger partial charge in [0.2, 0.25) is 0 Å². The van der Waals surface area contributed by atoms with E-state index in [1.807, 2.05) is 31.2 Å². The molecule has 1 aliphatic rings. The van der Waals surface area contributed by atoms with Gasteiger partial charge < -0.3 is 15.1 Å². The van der Waals surface area contributed by atoms with E-state index in [0.717, 1.165) is 22.2 Å². The number of aryl methyl sites for hydroxylation is 1. The van der Waals surface area contributed by atoms with Gasteiger partial charge in [-0.2, -0.15) is 18.3 Å². The Morgan fingerprint density at radius 2 is 2.07 bits per heavy atom. The van der Waals surface area contributed by atoms with Gasteiger partial charge >= 0.3 is 6.18 Å². The first-order valence-corrected chi connectivity index (χ1v) is 9.67. The van der Waals surface area contributed by atoms with Crippen LogP contribution in [0.4, 0.5) is 19.0 Å². The van der Waals surface area contributed by atoms with Gasteiger partial charge in [-0.3, -0.25) is 4.79 Å². The summed E-state index contributed by atoms with van der Waals surface area (Å²) in [5, 5.41) is 9.62. The molecule has 2 atom stereocenters. The zero-order valence-electron chi connectivity index (χ0n) is 16.2. The van der Waals surface area contributed by atoms with Crippen LogP contribution in [0.2, 0.25) is 0 Å². The van der Waals surface area contributed by atoms with Crippen LogP contribution in [0.1, 0.15) is 52.7 Å². The average Bonchev–Trinajstić information content (AvgIpc) is 3.40. The van der Waals surface area contributed by atoms with Crippen molar-refractivity contribution in [1.29, 1.82) is 0 Å². The van der Waals surface area contributed by atoms with Gasteiger partial charge in [-0.1, -0.05) is 31.2 Å².